The van der Waals surface area contributed by atoms with Gasteiger partial charge < -0.3 is 9.80 Å². The summed E-state index contributed by atoms with van der Waals surface area (Å²) in [5, 5.41) is 17.5. The summed E-state index contributed by atoms with van der Waals surface area (Å²) in [7, 11) is 3.72. The van der Waals surface area contributed by atoms with Crippen LogP contribution in [0.2, 0.25) is 0 Å². The number of benzene rings is 2. The molecule has 134 valence electrons. The maximum atomic E-state index is 12.7. The van der Waals surface area contributed by atoms with Gasteiger partial charge in [-0.1, -0.05) is 29.5 Å². The molecular weight excluding hydrogens is 340 g/mol. The molecule has 0 saturated heterocycles. The predicted molar refractivity (Wildman–Crippen MR) is 100.0 cm³/mol. The van der Waals surface area contributed by atoms with Gasteiger partial charge in [0.05, 0.1) is 35.6 Å². The molecule has 0 aliphatic carbocycles. The molecule has 2 aromatic carbocycles. The smallest absolute Gasteiger partial charge is 0.257 e. The highest BCUT2D eigenvalue weighted by Crippen LogP contribution is 2.35. The molecule has 2 heterocycles. The highest BCUT2D eigenvalue weighted by molar-refractivity contribution is 6.01. The summed E-state index contributed by atoms with van der Waals surface area (Å²) in [4.78, 5) is 16.4. The quantitative estimate of drug-likeness (QED) is 0.718. The van der Waals surface area contributed by atoms with Crippen LogP contribution in [0.3, 0.4) is 0 Å². The molecule has 1 aromatic heterocycles. The number of amides is 1. The third-order valence-corrected chi connectivity index (χ3v) is 4.79. The molecule has 0 radical (unpaired) electrons. The highest BCUT2D eigenvalue weighted by atomic mass is 16.2. The van der Waals surface area contributed by atoms with Gasteiger partial charge in [0.15, 0.2) is 6.17 Å². The highest BCUT2D eigenvalue weighted by Gasteiger charge is 2.35. The zero-order valence-corrected chi connectivity index (χ0v) is 15.1. The minimum absolute atomic E-state index is 0.0371. The number of carbonyl (C=O) groups excluding carboxylic acids is 1. The Kier molecular flexibility index (Phi) is 4.09. The van der Waals surface area contributed by atoms with Gasteiger partial charge in [-0.05, 0) is 29.8 Å². The van der Waals surface area contributed by atoms with Crippen molar-refractivity contribution in [1.29, 1.82) is 5.26 Å². The zero-order valence-electron chi connectivity index (χ0n) is 15.1. The number of fused-ring (bicyclic) bond motifs is 1. The molecule has 1 aliphatic heterocycles. The Balaban J connectivity index is 1.63. The minimum Gasteiger partial charge on any atom is -0.348 e. The second-order valence-corrected chi connectivity index (χ2v) is 6.57. The Labute approximate surface area is 157 Å². The van der Waals surface area contributed by atoms with E-state index in [0.717, 1.165) is 11.3 Å². The summed E-state index contributed by atoms with van der Waals surface area (Å²) < 4.78 is 1.72. The van der Waals surface area contributed by atoms with E-state index >= 15 is 0 Å². The van der Waals surface area contributed by atoms with E-state index in [0.29, 0.717) is 23.4 Å². The molecule has 1 amide bonds. The molecule has 27 heavy (non-hydrogen) atoms. The van der Waals surface area contributed by atoms with E-state index in [2.05, 4.69) is 16.4 Å². The van der Waals surface area contributed by atoms with Gasteiger partial charge in [-0.25, -0.2) is 4.68 Å². The Morgan fingerprint density at radius 3 is 2.74 bits per heavy atom. The Hall–Kier alpha value is -3.66. The summed E-state index contributed by atoms with van der Waals surface area (Å²) in [6.45, 7) is 0.507. The molecule has 7 heteroatoms. The minimum atomic E-state index is -0.327. The number of hydrogen-bond acceptors (Lipinski definition) is 5. The molecule has 0 N–H and O–H groups in total. The number of rotatable bonds is 3. The van der Waals surface area contributed by atoms with Crippen molar-refractivity contribution in [3.05, 3.63) is 77.1 Å². The van der Waals surface area contributed by atoms with E-state index < -0.39 is 0 Å². The van der Waals surface area contributed by atoms with Crippen molar-refractivity contribution >= 4 is 11.6 Å². The largest absolute Gasteiger partial charge is 0.348 e. The molecule has 7 nitrogen and oxygen atoms in total. The van der Waals surface area contributed by atoms with Gasteiger partial charge in [0, 0.05) is 14.1 Å². The molecule has 4 rings (SSSR count). The molecule has 0 spiro atoms. The fraction of sp³-hybridized carbons (Fsp3) is 0.200. The zero-order chi connectivity index (χ0) is 19.0. The number of nitrogens with zero attached hydrogens (tertiary/aromatic N) is 6. The van der Waals surface area contributed by atoms with Crippen molar-refractivity contribution in [2.24, 2.45) is 0 Å². The van der Waals surface area contributed by atoms with Gasteiger partial charge >= 0.3 is 0 Å². The summed E-state index contributed by atoms with van der Waals surface area (Å²) in [6, 6.07) is 17.1. The lowest BCUT2D eigenvalue weighted by Crippen LogP contribution is -2.45. The maximum Gasteiger partial charge on any atom is 0.257 e. The van der Waals surface area contributed by atoms with Crippen LogP contribution >= 0.6 is 0 Å². The van der Waals surface area contributed by atoms with Gasteiger partial charge in [-0.15, -0.1) is 5.10 Å². The van der Waals surface area contributed by atoms with Crippen LogP contribution in [0.15, 0.2) is 54.7 Å². The fourth-order valence-electron chi connectivity index (χ4n) is 3.49. The van der Waals surface area contributed by atoms with E-state index in [9.17, 15) is 4.79 Å². The van der Waals surface area contributed by atoms with Gasteiger partial charge in [0.2, 0.25) is 0 Å². The van der Waals surface area contributed by atoms with Crippen LogP contribution in [0.25, 0.3) is 0 Å². The van der Waals surface area contributed by atoms with Gasteiger partial charge in [-0.2, -0.15) is 5.26 Å². The summed E-state index contributed by atoms with van der Waals surface area (Å²) in [5.74, 6) is -0.0371. The predicted octanol–water partition coefficient (Wildman–Crippen LogP) is 2.42. The van der Waals surface area contributed by atoms with E-state index in [-0.39, 0.29) is 12.1 Å². The van der Waals surface area contributed by atoms with Crippen LogP contribution < -0.4 is 4.90 Å². The number of carbonyl (C=O) groups is 1. The molecule has 0 fully saturated rings. The van der Waals surface area contributed by atoms with Crippen LogP contribution in [0, 0.1) is 11.3 Å². The Morgan fingerprint density at radius 1 is 1.11 bits per heavy atom. The lowest BCUT2D eigenvalue weighted by Gasteiger charge is -2.40. The Morgan fingerprint density at radius 2 is 1.93 bits per heavy atom. The third kappa shape index (κ3) is 2.91. The number of hydrogen-bond donors (Lipinski definition) is 0. The SMILES string of the molecule is CN1C(=O)c2ccccc2N(C)[C@@H]1c1cn(Cc2cccc(C#N)c2)nn1. The maximum absolute atomic E-state index is 12.7. The van der Waals surface area contributed by atoms with Crippen molar-refractivity contribution in [1.82, 2.24) is 19.9 Å². The van der Waals surface area contributed by atoms with Crippen molar-refractivity contribution in [3.8, 4) is 6.07 Å². The summed E-state index contributed by atoms with van der Waals surface area (Å²) >= 11 is 0. The molecule has 1 atom stereocenters. The number of aromatic nitrogens is 3. The molecule has 0 bridgehead atoms. The second kappa shape index (κ2) is 6.57. The average Bonchev–Trinajstić information content (AvgIpc) is 3.14. The topological polar surface area (TPSA) is 78.0 Å². The molecule has 0 unspecified atom stereocenters. The van der Waals surface area contributed by atoms with E-state index in [1.807, 2.05) is 60.6 Å². The van der Waals surface area contributed by atoms with Crippen LogP contribution in [0.4, 0.5) is 5.69 Å². The van der Waals surface area contributed by atoms with Crippen LogP contribution in [0.1, 0.15) is 33.3 Å². The van der Waals surface area contributed by atoms with E-state index in [4.69, 9.17) is 5.26 Å². The fourth-order valence-corrected chi connectivity index (χ4v) is 3.49. The van der Waals surface area contributed by atoms with Crippen molar-refractivity contribution in [3.63, 3.8) is 0 Å². The monoisotopic (exact) mass is 358 g/mol. The molecule has 1 aliphatic rings. The lowest BCUT2D eigenvalue weighted by atomic mass is 10.1. The second-order valence-electron chi connectivity index (χ2n) is 6.57. The number of nitriles is 1. The van der Waals surface area contributed by atoms with Crippen LogP contribution in [0.5, 0.6) is 0 Å². The molecule has 0 saturated carbocycles. The van der Waals surface area contributed by atoms with Crippen molar-refractivity contribution in [2.75, 3.05) is 19.0 Å². The summed E-state index contributed by atoms with van der Waals surface area (Å²) in [6.07, 6.45) is 1.52. The number of anilines is 1. The average molecular weight is 358 g/mol. The van der Waals surface area contributed by atoms with E-state index in [1.165, 1.54) is 0 Å². The van der Waals surface area contributed by atoms with Crippen LogP contribution in [-0.4, -0.2) is 39.9 Å². The molecular formula is C20H18N6O. The third-order valence-electron chi connectivity index (χ3n) is 4.79. The first-order valence-electron chi connectivity index (χ1n) is 8.56. The van der Waals surface area contributed by atoms with Crippen molar-refractivity contribution in [2.45, 2.75) is 12.7 Å². The first-order valence-corrected chi connectivity index (χ1v) is 8.56. The van der Waals surface area contributed by atoms with Crippen molar-refractivity contribution < 1.29 is 4.79 Å². The summed E-state index contributed by atoms with van der Waals surface area (Å²) in [5.41, 5.74) is 3.83. The first-order chi connectivity index (χ1) is 13.1. The standard InChI is InChI=1S/C20H18N6O/c1-24-18-9-4-3-8-16(18)20(27)25(2)19(24)17-13-26(23-22-17)12-15-7-5-6-14(10-15)11-21/h3-10,13,19H,12H2,1-2H3/t19-/m0/s1. The Bertz CT molecular complexity index is 1050. The van der Waals surface area contributed by atoms with E-state index in [1.54, 1.807) is 22.7 Å². The van der Waals surface area contributed by atoms with Gasteiger partial charge in [0.25, 0.3) is 5.91 Å². The number of para-hydroxylation sites is 1. The van der Waals surface area contributed by atoms with Crippen LogP contribution in [-0.2, 0) is 6.54 Å². The normalized spacial score (nSPS) is 16.2. The first kappa shape index (κ1) is 16.8. The lowest BCUT2D eigenvalue weighted by molar-refractivity contribution is 0.0707. The van der Waals surface area contributed by atoms with Gasteiger partial charge in [0.1, 0.15) is 5.69 Å². The van der Waals surface area contributed by atoms with Gasteiger partial charge in [-0.3, -0.25) is 4.79 Å². The molecule has 3 aromatic rings.